The van der Waals surface area contributed by atoms with Crippen LogP contribution in [-0.2, 0) is 27.8 Å². The number of aliphatic carboxylic acids is 2. The number of nitrogens with zero attached hydrogens (tertiary/aromatic N) is 4. The average molecular weight is 524 g/mol. The Morgan fingerprint density at radius 3 is 0.677 bits per heavy atom. The standard InChI is InChI=1S/C2H2O4.4CH2NO3P.Li/c3-1(4)2(5)6;4*2-1-6(3,4)5;/h(H,3,4)(H,5,6);4*(H2,3,4,5);/q;;;;;+1/p-1. The second-order valence-electron chi connectivity index (χ2n) is 3.16. The Morgan fingerprint density at radius 1 is 0.581 bits per heavy atom. The van der Waals surface area contributed by atoms with Crippen LogP contribution in [-0.4, -0.2) is 56.4 Å². The quantitative estimate of drug-likeness (QED) is 0.0808. The van der Waals surface area contributed by atoms with Crippen LogP contribution in [0.25, 0.3) is 0 Å². The SMILES string of the molecule is N#CP(=O)(O)O.N#CP(=O)(O)O.N#CP(=O)(O)O.N#CP(=O)([O-])O.O=C(O)C(=O)O.[Li+]. The van der Waals surface area contributed by atoms with Gasteiger partial charge in [0.25, 0.3) is 0 Å². The normalized spacial score (nSPS) is 10.8. The van der Waals surface area contributed by atoms with E-state index in [1.807, 2.05) is 0 Å². The molecule has 0 bridgehead atoms. The Kier molecular flexibility index (Phi) is 27.8. The second kappa shape index (κ2) is 20.0. The summed E-state index contributed by atoms with van der Waals surface area (Å²) in [5.41, 5.74) is 0. The molecule has 0 aliphatic rings. The minimum Gasteiger partial charge on any atom is -0.767 e. The molecule has 0 spiro atoms. The minimum atomic E-state index is -4.59. The number of carboxylic acid groups (broad SMARTS) is 2. The summed E-state index contributed by atoms with van der Waals surface area (Å²) >= 11 is 0. The Labute approximate surface area is 183 Å². The molecule has 0 aromatic rings. The van der Waals surface area contributed by atoms with Gasteiger partial charge in [0, 0.05) is 0 Å². The van der Waals surface area contributed by atoms with E-state index >= 15 is 0 Å². The largest absolute Gasteiger partial charge is 1.00 e. The molecule has 170 valence electrons. The summed E-state index contributed by atoms with van der Waals surface area (Å²) in [6.45, 7) is 0. The van der Waals surface area contributed by atoms with E-state index in [0.29, 0.717) is 5.81 Å². The van der Waals surface area contributed by atoms with E-state index in [1.54, 1.807) is 0 Å². The molecule has 1 unspecified atom stereocenters. The number of carbonyl (C=O) groups is 2. The van der Waals surface area contributed by atoms with Gasteiger partial charge in [0.2, 0.25) is 7.60 Å². The number of hydrogen-bond donors (Lipinski definition) is 9. The van der Waals surface area contributed by atoms with E-state index in [0.717, 1.165) is 17.4 Å². The molecule has 0 aromatic heterocycles. The molecule has 0 amide bonds. The van der Waals surface area contributed by atoms with Crippen LogP contribution in [0.3, 0.4) is 0 Å². The summed E-state index contributed by atoms with van der Waals surface area (Å²) in [4.78, 5) is 80.3. The summed E-state index contributed by atoms with van der Waals surface area (Å²) < 4.78 is 37.2. The summed E-state index contributed by atoms with van der Waals surface area (Å²) in [6, 6.07) is 0. The van der Waals surface area contributed by atoms with Crippen molar-refractivity contribution in [2.24, 2.45) is 0 Å². The molecule has 0 saturated carbocycles. The first-order valence-electron chi connectivity index (χ1n) is 5.21. The number of rotatable bonds is 0. The fourth-order valence-corrected chi connectivity index (χ4v) is 0. The van der Waals surface area contributed by atoms with Crippen LogP contribution in [0.15, 0.2) is 0 Å². The van der Waals surface area contributed by atoms with Crippen molar-refractivity contribution in [3.8, 4) is 23.2 Å². The van der Waals surface area contributed by atoms with Gasteiger partial charge >= 0.3 is 53.6 Å². The van der Waals surface area contributed by atoms with Gasteiger partial charge in [-0.1, -0.05) is 0 Å². The fourth-order valence-electron chi connectivity index (χ4n) is 0. The molecular weight excluding hydrogens is 515 g/mol. The zero-order valence-corrected chi connectivity index (χ0v) is 18.0. The van der Waals surface area contributed by atoms with E-state index < -0.39 is 42.3 Å². The van der Waals surface area contributed by atoms with Crippen LogP contribution >= 0.6 is 30.4 Å². The van der Waals surface area contributed by atoms with Gasteiger partial charge in [0.1, 0.15) is 5.81 Å². The first-order chi connectivity index (χ1) is 12.9. The zero-order chi connectivity index (χ0) is 26.0. The van der Waals surface area contributed by atoms with Crippen LogP contribution in [0.5, 0.6) is 0 Å². The molecule has 9 N–H and O–H groups in total. The molecule has 0 fully saturated rings. The number of carboxylic acids is 2. The summed E-state index contributed by atoms with van der Waals surface area (Å²) in [6.07, 6.45) is 0. The van der Waals surface area contributed by atoms with Gasteiger partial charge in [-0.05, 0) is 0 Å². The molecule has 0 aliphatic carbocycles. The number of hydrogen-bond acceptors (Lipinski definition) is 11. The van der Waals surface area contributed by atoms with E-state index in [2.05, 4.69) is 0 Å². The molecule has 0 aliphatic heterocycles. The monoisotopic (exact) mass is 524 g/mol. The average Bonchev–Trinajstić information content (AvgIpc) is 2.54. The topological polar surface area (TPSA) is 403 Å². The molecule has 31 heavy (non-hydrogen) atoms. The minimum absolute atomic E-state index is 0. The van der Waals surface area contributed by atoms with Gasteiger partial charge in [-0.25, -0.2) is 23.3 Å². The van der Waals surface area contributed by atoms with Crippen molar-refractivity contribution < 1.29 is 96.1 Å². The smallest absolute Gasteiger partial charge is 0.767 e. The van der Waals surface area contributed by atoms with Crippen molar-refractivity contribution in [3.05, 3.63) is 0 Å². The third kappa shape index (κ3) is 96.3. The molecular formula is C6H9LiN4O16P4. The van der Waals surface area contributed by atoms with Crippen LogP contribution in [0.1, 0.15) is 0 Å². The molecule has 0 heterocycles. The van der Waals surface area contributed by atoms with E-state index in [-0.39, 0.29) is 18.9 Å². The Bertz CT molecular complexity index is 774. The first kappa shape index (κ1) is 43.1. The maximum Gasteiger partial charge on any atom is 1.00 e. The molecule has 0 saturated heterocycles. The molecule has 0 radical (unpaired) electrons. The maximum atomic E-state index is 9.33. The van der Waals surface area contributed by atoms with E-state index in [4.69, 9.17) is 75.1 Å². The van der Waals surface area contributed by atoms with Crippen molar-refractivity contribution in [1.82, 2.24) is 0 Å². The molecule has 0 aromatic carbocycles. The van der Waals surface area contributed by atoms with Crippen molar-refractivity contribution in [2.45, 2.75) is 0 Å². The predicted molar refractivity (Wildman–Crippen MR) is 83.7 cm³/mol. The fraction of sp³-hybridized carbons (Fsp3) is 0. The van der Waals surface area contributed by atoms with Gasteiger partial charge in [0.15, 0.2) is 17.4 Å². The first-order valence-corrected chi connectivity index (χ1v) is 11.6. The summed E-state index contributed by atoms with van der Waals surface area (Å²) in [7, 11) is -17.6. The summed E-state index contributed by atoms with van der Waals surface area (Å²) in [5, 5.41) is 44.3. The van der Waals surface area contributed by atoms with E-state index in [1.165, 1.54) is 0 Å². The van der Waals surface area contributed by atoms with E-state index in [9.17, 15) is 23.2 Å². The van der Waals surface area contributed by atoms with Crippen molar-refractivity contribution in [1.29, 1.82) is 21.0 Å². The van der Waals surface area contributed by atoms with Crippen LogP contribution in [0.2, 0.25) is 0 Å². The molecule has 0 rings (SSSR count). The predicted octanol–water partition coefficient (Wildman–Crippen LogP) is -5.89. The van der Waals surface area contributed by atoms with Crippen molar-refractivity contribution in [2.75, 3.05) is 0 Å². The number of nitriles is 4. The zero-order valence-electron chi connectivity index (χ0n) is 14.5. The Hall–Kier alpha value is -1.90. The van der Waals surface area contributed by atoms with Gasteiger partial charge in [0.05, 0.1) is 0 Å². The third-order valence-electron chi connectivity index (χ3n) is 0.700. The van der Waals surface area contributed by atoms with Gasteiger partial charge < -0.3 is 49.4 Å². The van der Waals surface area contributed by atoms with Gasteiger partial charge in [-0.3, -0.25) is 4.57 Å². The molecule has 1 atom stereocenters. The second-order valence-corrected chi connectivity index (χ2v) is 8.27. The molecule has 20 nitrogen and oxygen atoms in total. The van der Waals surface area contributed by atoms with Gasteiger partial charge in [-0.2, -0.15) is 21.0 Å². The third-order valence-corrected chi connectivity index (χ3v) is 1.73. The van der Waals surface area contributed by atoms with Crippen LogP contribution in [0, 0.1) is 44.3 Å². The van der Waals surface area contributed by atoms with Crippen molar-refractivity contribution >= 4 is 42.3 Å². The maximum absolute atomic E-state index is 9.33. The van der Waals surface area contributed by atoms with Crippen LogP contribution in [0.4, 0.5) is 0 Å². The van der Waals surface area contributed by atoms with Crippen molar-refractivity contribution in [3.63, 3.8) is 0 Å². The Morgan fingerprint density at radius 2 is 0.677 bits per heavy atom. The molecule has 25 heteroatoms. The van der Waals surface area contributed by atoms with Gasteiger partial charge in [-0.15, -0.1) is 0 Å². The summed E-state index contributed by atoms with van der Waals surface area (Å²) in [5.74, 6) is -0.676. The Balaban J connectivity index is -0.0000000625. The van der Waals surface area contributed by atoms with Crippen LogP contribution < -0.4 is 23.8 Å².